The van der Waals surface area contributed by atoms with Gasteiger partial charge in [0, 0.05) is 36.7 Å². The monoisotopic (exact) mass is 433 g/mol. The summed E-state index contributed by atoms with van der Waals surface area (Å²) in [6.07, 6.45) is 0. The third-order valence-electron chi connectivity index (χ3n) is 5.29. The van der Waals surface area contributed by atoms with Gasteiger partial charge in [-0.25, -0.2) is 4.39 Å². The lowest BCUT2D eigenvalue weighted by Crippen LogP contribution is -2.58. The standard InChI is InChI=1S/C22H25ClFN3O3/c1-14-11-27(15(2)10-26(14)12-16-3-6-18(24)7-4-16)21(28)13-30-20-8-5-17(23)9-19(20)22(25)29/h3-9,14-15H,10-13H2,1-2H3,(H2,25,29)/t14?,15-/m0/s1. The summed E-state index contributed by atoms with van der Waals surface area (Å²) < 4.78 is 18.7. The van der Waals surface area contributed by atoms with Crippen LogP contribution in [0.15, 0.2) is 42.5 Å². The summed E-state index contributed by atoms with van der Waals surface area (Å²) in [7, 11) is 0. The Hall–Kier alpha value is -2.64. The SMILES string of the molecule is CC1CN(C(=O)COc2ccc(Cl)cc2C(N)=O)[C@@H](C)CN1Cc1ccc(F)cc1. The number of nitrogens with zero attached hydrogens (tertiary/aromatic N) is 2. The molecule has 0 saturated carbocycles. The van der Waals surface area contributed by atoms with E-state index in [4.69, 9.17) is 22.1 Å². The van der Waals surface area contributed by atoms with Crippen molar-refractivity contribution in [2.24, 2.45) is 5.73 Å². The smallest absolute Gasteiger partial charge is 0.260 e. The topological polar surface area (TPSA) is 75.9 Å². The lowest BCUT2D eigenvalue weighted by Gasteiger charge is -2.44. The molecule has 1 fully saturated rings. The first-order chi connectivity index (χ1) is 14.2. The molecule has 2 atom stereocenters. The summed E-state index contributed by atoms with van der Waals surface area (Å²) in [6, 6.07) is 11.1. The van der Waals surface area contributed by atoms with Gasteiger partial charge in [-0.1, -0.05) is 23.7 Å². The molecule has 1 unspecified atom stereocenters. The fourth-order valence-electron chi connectivity index (χ4n) is 3.63. The van der Waals surface area contributed by atoms with E-state index in [1.165, 1.54) is 24.3 Å². The molecule has 8 heteroatoms. The Bertz CT molecular complexity index is 922. The van der Waals surface area contributed by atoms with Crippen LogP contribution in [0.1, 0.15) is 29.8 Å². The molecule has 1 aliphatic rings. The maximum absolute atomic E-state index is 13.1. The second kappa shape index (κ2) is 9.45. The lowest BCUT2D eigenvalue weighted by atomic mass is 10.1. The van der Waals surface area contributed by atoms with Gasteiger partial charge in [0.1, 0.15) is 11.6 Å². The van der Waals surface area contributed by atoms with Crippen molar-refractivity contribution >= 4 is 23.4 Å². The Morgan fingerprint density at radius 1 is 1.13 bits per heavy atom. The van der Waals surface area contributed by atoms with Gasteiger partial charge in [0.05, 0.1) is 5.56 Å². The number of benzene rings is 2. The fourth-order valence-corrected chi connectivity index (χ4v) is 3.81. The molecule has 3 rings (SSSR count). The molecule has 6 nitrogen and oxygen atoms in total. The van der Waals surface area contributed by atoms with Gasteiger partial charge in [0.25, 0.3) is 11.8 Å². The zero-order chi connectivity index (χ0) is 21.8. The first-order valence-electron chi connectivity index (χ1n) is 9.74. The van der Waals surface area contributed by atoms with E-state index in [-0.39, 0.29) is 41.7 Å². The minimum absolute atomic E-state index is 0.0152. The van der Waals surface area contributed by atoms with Crippen LogP contribution in [-0.2, 0) is 11.3 Å². The minimum atomic E-state index is -0.670. The van der Waals surface area contributed by atoms with Crippen LogP contribution in [-0.4, -0.2) is 53.4 Å². The van der Waals surface area contributed by atoms with Crippen molar-refractivity contribution in [2.75, 3.05) is 19.7 Å². The highest BCUT2D eigenvalue weighted by molar-refractivity contribution is 6.31. The Kier molecular flexibility index (Phi) is 6.95. The van der Waals surface area contributed by atoms with Crippen LogP contribution in [0.3, 0.4) is 0 Å². The van der Waals surface area contributed by atoms with E-state index in [1.807, 2.05) is 6.92 Å². The summed E-state index contributed by atoms with van der Waals surface area (Å²) in [4.78, 5) is 28.4. The zero-order valence-electron chi connectivity index (χ0n) is 17.0. The molecular weight excluding hydrogens is 409 g/mol. The maximum atomic E-state index is 13.1. The molecule has 2 N–H and O–H groups in total. The van der Waals surface area contributed by atoms with Crippen LogP contribution in [0.4, 0.5) is 4.39 Å². The van der Waals surface area contributed by atoms with E-state index in [1.54, 1.807) is 23.1 Å². The summed E-state index contributed by atoms with van der Waals surface area (Å²) in [5.41, 5.74) is 6.53. The molecule has 0 bridgehead atoms. The largest absolute Gasteiger partial charge is 0.483 e. The average molecular weight is 434 g/mol. The molecule has 160 valence electrons. The van der Waals surface area contributed by atoms with Gasteiger partial charge in [-0.15, -0.1) is 0 Å². The van der Waals surface area contributed by atoms with Crippen LogP contribution in [0.5, 0.6) is 5.75 Å². The number of ether oxygens (including phenoxy) is 1. The average Bonchev–Trinajstić information content (AvgIpc) is 2.70. The molecule has 0 spiro atoms. The van der Waals surface area contributed by atoms with E-state index in [0.717, 1.165) is 5.56 Å². The van der Waals surface area contributed by atoms with E-state index < -0.39 is 5.91 Å². The summed E-state index contributed by atoms with van der Waals surface area (Å²) in [5, 5.41) is 0.363. The second-order valence-corrected chi connectivity index (χ2v) is 8.03. The number of hydrogen-bond donors (Lipinski definition) is 1. The third-order valence-corrected chi connectivity index (χ3v) is 5.53. The number of nitrogens with two attached hydrogens (primary N) is 1. The van der Waals surface area contributed by atoms with Gasteiger partial charge in [-0.05, 0) is 49.7 Å². The number of carbonyl (C=O) groups is 2. The van der Waals surface area contributed by atoms with E-state index in [2.05, 4.69) is 11.8 Å². The highest BCUT2D eigenvalue weighted by Gasteiger charge is 2.32. The normalized spacial score (nSPS) is 19.5. The number of carbonyl (C=O) groups excluding carboxylic acids is 2. The number of rotatable bonds is 6. The minimum Gasteiger partial charge on any atom is -0.483 e. The maximum Gasteiger partial charge on any atom is 0.260 e. The van der Waals surface area contributed by atoms with Crippen LogP contribution >= 0.6 is 11.6 Å². The number of amides is 2. The van der Waals surface area contributed by atoms with Gasteiger partial charge in [0.15, 0.2) is 6.61 Å². The Balaban J connectivity index is 1.60. The molecule has 2 amide bonds. The molecule has 1 saturated heterocycles. The van der Waals surface area contributed by atoms with Gasteiger partial charge in [-0.3, -0.25) is 14.5 Å². The summed E-state index contributed by atoms with van der Waals surface area (Å²) in [6.45, 7) is 5.78. The van der Waals surface area contributed by atoms with E-state index in [9.17, 15) is 14.0 Å². The second-order valence-electron chi connectivity index (χ2n) is 7.59. The van der Waals surface area contributed by atoms with Crippen LogP contribution < -0.4 is 10.5 Å². The fraction of sp³-hybridized carbons (Fsp3) is 0.364. The molecule has 2 aromatic rings. The predicted molar refractivity (Wildman–Crippen MR) is 113 cm³/mol. The van der Waals surface area contributed by atoms with Crippen LogP contribution in [0.2, 0.25) is 5.02 Å². The van der Waals surface area contributed by atoms with Crippen molar-refractivity contribution in [1.82, 2.24) is 9.80 Å². The Morgan fingerprint density at radius 2 is 1.83 bits per heavy atom. The first-order valence-corrected chi connectivity index (χ1v) is 10.1. The van der Waals surface area contributed by atoms with Crippen molar-refractivity contribution < 1.29 is 18.7 Å². The van der Waals surface area contributed by atoms with Crippen molar-refractivity contribution in [3.63, 3.8) is 0 Å². The number of piperazine rings is 1. The van der Waals surface area contributed by atoms with Gasteiger partial charge in [0.2, 0.25) is 0 Å². The van der Waals surface area contributed by atoms with Crippen molar-refractivity contribution in [3.05, 3.63) is 64.4 Å². The van der Waals surface area contributed by atoms with Gasteiger partial charge >= 0.3 is 0 Å². The lowest BCUT2D eigenvalue weighted by molar-refractivity contribution is -0.139. The van der Waals surface area contributed by atoms with E-state index >= 15 is 0 Å². The molecule has 0 aliphatic carbocycles. The molecule has 2 aromatic carbocycles. The summed E-state index contributed by atoms with van der Waals surface area (Å²) in [5.74, 6) is -0.857. The summed E-state index contributed by atoms with van der Waals surface area (Å²) >= 11 is 5.90. The van der Waals surface area contributed by atoms with E-state index in [0.29, 0.717) is 24.7 Å². The Labute approximate surface area is 180 Å². The number of halogens is 2. The predicted octanol–water partition coefficient (Wildman–Crippen LogP) is 3.08. The van der Waals surface area contributed by atoms with Crippen molar-refractivity contribution in [2.45, 2.75) is 32.5 Å². The number of hydrogen-bond acceptors (Lipinski definition) is 4. The molecule has 0 radical (unpaired) electrons. The van der Waals surface area contributed by atoms with Crippen LogP contribution in [0, 0.1) is 5.82 Å². The highest BCUT2D eigenvalue weighted by Crippen LogP contribution is 2.23. The zero-order valence-corrected chi connectivity index (χ0v) is 17.7. The first kappa shape index (κ1) is 22.1. The highest BCUT2D eigenvalue weighted by atomic mass is 35.5. The van der Waals surface area contributed by atoms with Gasteiger partial charge < -0.3 is 15.4 Å². The number of primary amides is 1. The van der Waals surface area contributed by atoms with Gasteiger partial charge in [-0.2, -0.15) is 0 Å². The van der Waals surface area contributed by atoms with Crippen LogP contribution in [0.25, 0.3) is 0 Å². The molecule has 1 heterocycles. The third kappa shape index (κ3) is 5.29. The molecular formula is C22H25ClFN3O3. The quantitative estimate of drug-likeness (QED) is 0.759. The van der Waals surface area contributed by atoms with Crippen molar-refractivity contribution in [1.29, 1.82) is 0 Å². The van der Waals surface area contributed by atoms with Crippen molar-refractivity contribution in [3.8, 4) is 5.75 Å². The molecule has 30 heavy (non-hydrogen) atoms. The molecule has 0 aromatic heterocycles. The molecule has 1 aliphatic heterocycles. The Morgan fingerprint density at radius 3 is 2.50 bits per heavy atom.